The summed E-state index contributed by atoms with van der Waals surface area (Å²) in [5.74, 6) is 0.499. The summed E-state index contributed by atoms with van der Waals surface area (Å²) in [6, 6.07) is 0. The zero-order valence-electron chi connectivity index (χ0n) is 9.34. The Bertz CT molecular complexity index is 205. The molecule has 0 radical (unpaired) electrons. The normalized spacial score (nSPS) is 11.7. The molecule has 88 valence electrons. The first kappa shape index (κ1) is 13.9. The molecule has 0 aromatic rings. The molecule has 3 nitrogen and oxygen atoms in total. The van der Waals surface area contributed by atoms with Crippen molar-refractivity contribution in [3.8, 4) is 0 Å². The van der Waals surface area contributed by atoms with Crippen LogP contribution in [0.15, 0.2) is 17.6 Å². The van der Waals surface area contributed by atoms with Crippen LogP contribution in [0.1, 0.15) is 12.8 Å². The maximum atomic E-state index is 12.0. The lowest BCUT2D eigenvalue weighted by Crippen LogP contribution is -2.41. The van der Waals surface area contributed by atoms with Gasteiger partial charge in [0.25, 0.3) is 6.43 Å². The van der Waals surface area contributed by atoms with E-state index in [9.17, 15) is 8.78 Å². The fourth-order valence-electron chi connectivity index (χ4n) is 1.13. The first-order chi connectivity index (χ1) is 7.11. The van der Waals surface area contributed by atoms with Crippen LogP contribution in [0.25, 0.3) is 0 Å². The predicted molar refractivity (Wildman–Crippen MR) is 59.4 cm³/mol. The standard InChI is InChI=1S/C10H19F2N3/c1-4-5-6-7-15(3)10(13-2)14-8-9(11)12/h4,9H,1,5-8H2,2-3H3,(H,13,14). The number of aliphatic imine (C=N–C) groups is 1. The maximum Gasteiger partial charge on any atom is 0.255 e. The monoisotopic (exact) mass is 219 g/mol. The van der Waals surface area contributed by atoms with E-state index in [4.69, 9.17) is 0 Å². The summed E-state index contributed by atoms with van der Waals surface area (Å²) in [5.41, 5.74) is 0. The van der Waals surface area contributed by atoms with E-state index < -0.39 is 6.43 Å². The van der Waals surface area contributed by atoms with Crippen LogP contribution in [0, 0.1) is 0 Å². The van der Waals surface area contributed by atoms with Crippen LogP contribution >= 0.6 is 0 Å². The quantitative estimate of drug-likeness (QED) is 0.319. The van der Waals surface area contributed by atoms with Crippen LogP contribution < -0.4 is 5.32 Å². The van der Waals surface area contributed by atoms with Crippen molar-refractivity contribution in [2.75, 3.05) is 27.2 Å². The van der Waals surface area contributed by atoms with Crippen molar-refractivity contribution < 1.29 is 8.78 Å². The number of alkyl halides is 2. The Balaban J connectivity index is 3.89. The Morgan fingerprint density at radius 1 is 1.60 bits per heavy atom. The van der Waals surface area contributed by atoms with Gasteiger partial charge in [-0.1, -0.05) is 6.08 Å². The Morgan fingerprint density at radius 3 is 2.73 bits per heavy atom. The topological polar surface area (TPSA) is 27.6 Å². The van der Waals surface area contributed by atoms with Crippen molar-refractivity contribution in [1.29, 1.82) is 0 Å². The average molecular weight is 219 g/mol. The molecule has 0 aliphatic carbocycles. The van der Waals surface area contributed by atoms with Crippen LogP contribution in [0.4, 0.5) is 8.78 Å². The third-order valence-corrected chi connectivity index (χ3v) is 1.89. The number of halogens is 2. The van der Waals surface area contributed by atoms with Gasteiger partial charge in [-0.15, -0.1) is 6.58 Å². The molecule has 0 saturated heterocycles. The largest absolute Gasteiger partial charge is 0.351 e. The molecule has 0 amide bonds. The molecule has 1 N–H and O–H groups in total. The van der Waals surface area contributed by atoms with E-state index in [2.05, 4.69) is 16.9 Å². The van der Waals surface area contributed by atoms with Gasteiger partial charge in [-0.2, -0.15) is 0 Å². The molecule has 0 bridgehead atoms. The fourth-order valence-corrected chi connectivity index (χ4v) is 1.13. The third kappa shape index (κ3) is 6.88. The highest BCUT2D eigenvalue weighted by Crippen LogP contribution is 1.95. The van der Waals surface area contributed by atoms with Crippen LogP contribution in [0.3, 0.4) is 0 Å². The van der Waals surface area contributed by atoms with E-state index in [1.54, 1.807) is 7.05 Å². The first-order valence-corrected chi connectivity index (χ1v) is 4.92. The predicted octanol–water partition coefficient (Wildman–Crippen LogP) is 1.72. The van der Waals surface area contributed by atoms with Gasteiger partial charge in [0.15, 0.2) is 5.96 Å². The number of rotatable bonds is 6. The van der Waals surface area contributed by atoms with Crippen LogP contribution in [0.5, 0.6) is 0 Å². The molecule has 0 fully saturated rings. The Kier molecular flexibility index (Phi) is 7.58. The molecule has 0 rings (SSSR count). The van der Waals surface area contributed by atoms with Crippen molar-refractivity contribution in [3.63, 3.8) is 0 Å². The molecule has 0 atom stereocenters. The van der Waals surface area contributed by atoms with E-state index in [0.29, 0.717) is 5.96 Å². The van der Waals surface area contributed by atoms with Gasteiger partial charge in [-0.05, 0) is 12.8 Å². The minimum atomic E-state index is -2.36. The van der Waals surface area contributed by atoms with Gasteiger partial charge in [-0.3, -0.25) is 4.99 Å². The van der Waals surface area contributed by atoms with Crippen molar-refractivity contribution in [2.24, 2.45) is 4.99 Å². The zero-order valence-corrected chi connectivity index (χ0v) is 9.34. The molecule has 0 unspecified atom stereocenters. The summed E-state index contributed by atoms with van der Waals surface area (Å²) < 4.78 is 23.9. The van der Waals surface area contributed by atoms with Gasteiger partial charge in [-0.25, -0.2) is 8.78 Å². The molecule has 0 aromatic heterocycles. The number of unbranched alkanes of at least 4 members (excludes halogenated alkanes) is 1. The highest BCUT2D eigenvalue weighted by Gasteiger charge is 2.07. The van der Waals surface area contributed by atoms with Crippen molar-refractivity contribution in [2.45, 2.75) is 19.3 Å². The summed E-state index contributed by atoms with van der Waals surface area (Å²) in [5, 5.41) is 2.60. The van der Waals surface area contributed by atoms with Crippen LogP contribution in [-0.4, -0.2) is 44.5 Å². The van der Waals surface area contributed by atoms with E-state index in [1.165, 1.54) is 0 Å². The molecular formula is C10H19F2N3. The van der Waals surface area contributed by atoms with Gasteiger partial charge in [0.2, 0.25) is 0 Å². The van der Waals surface area contributed by atoms with Crippen molar-refractivity contribution in [1.82, 2.24) is 10.2 Å². The van der Waals surface area contributed by atoms with Gasteiger partial charge < -0.3 is 10.2 Å². The summed E-state index contributed by atoms with van der Waals surface area (Å²) >= 11 is 0. The second kappa shape index (κ2) is 8.20. The second-order valence-corrected chi connectivity index (χ2v) is 3.17. The number of nitrogens with one attached hydrogen (secondary N) is 1. The van der Waals surface area contributed by atoms with Crippen LogP contribution in [-0.2, 0) is 0 Å². The molecule has 0 aromatic carbocycles. The van der Waals surface area contributed by atoms with Crippen molar-refractivity contribution >= 4 is 5.96 Å². The highest BCUT2D eigenvalue weighted by atomic mass is 19.3. The minimum Gasteiger partial charge on any atom is -0.351 e. The Labute approximate surface area is 89.9 Å². The fraction of sp³-hybridized carbons (Fsp3) is 0.700. The molecule has 0 heterocycles. The SMILES string of the molecule is C=CCCCN(C)C(=NC)NCC(F)F. The summed E-state index contributed by atoms with van der Waals surface area (Å²) in [4.78, 5) is 5.74. The molecule has 5 heteroatoms. The lowest BCUT2D eigenvalue weighted by atomic mass is 10.3. The third-order valence-electron chi connectivity index (χ3n) is 1.89. The number of hydrogen-bond donors (Lipinski definition) is 1. The lowest BCUT2D eigenvalue weighted by Gasteiger charge is -2.21. The summed E-state index contributed by atoms with van der Waals surface area (Å²) in [6.45, 7) is 4.03. The van der Waals surface area contributed by atoms with E-state index in [0.717, 1.165) is 19.4 Å². The molecular weight excluding hydrogens is 200 g/mol. The Hall–Kier alpha value is -1.13. The Morgan fingerprint density at radius 2 is 2.27 bits per heavy atom. The molecule has 0 aliphatic heterocycles. The zero-order chi connectivity index (χ0) is 11.7. The number of guanidine groups is 1. The average Bonchev–Trinajstić information content (AvgIpc) is 2.18. The van der Waals surface area contributed by atoms with E-state index in [1.807, 2.05) is 18.0 Å². The molecule has 15 heavy (non-hydrogen) atoms. The number of nitrogens with zero attached hydrogens (tertiary/aromatic N) is 2. The van der Waals surface area contributed by atoms with E-state index in [-0.39, 0.29) is 6.54 Å². The van der Waals surface area contributed by atoms with Gasteiger partial charge in [0, 0.05) is 20.6 Å². The maximum absolute atomic E-state index is 12.0. The first-order valence-electron chi connectivity index (χ1n) is 4.92. The number of hydrogen-bond acceptors (Lipinski definition) is 1. The van der Waals surface area contributed by atoms with Gasteiger partial charge in [0.05, 0.1) is 6.54 Å². The second-order valence-electron chi connectivity index (χ2n) is 3.17. The van der Waals surface area contributed by atoms with E-state index >= 15 is 0 Å². The van der Waals surface area contributed by atoms with Crippen LogP contribution in [0.2, 0.25) is 0 Å². The summed E-state index contributed by atoms with van der Waals surface area (Å²) in [6.07, 6.45) is 1.33. The van der Waals surface area contributed by atoms with Gasteiger partial charge in [0.1, 0.15) is 0 Å². The molecule has 0 saturated carbocycles. The van der Waals surface area contributed by atoms with Crippen molar-refractivity contribution in [3.05, 3.63) is 12.7 Å². The molecule has 0 aliphatic rings. The highest BCUT2D eigenvalue weighted by molar-refractivity contribution is 5.79. The lowest BCUT2D eigenvalue weighted by molar-refractivity contribution is 0.151. The molecule has 0 spiro atoms. The summed E-state index contributed by atoms with van der Waals surface area (Å²) in [7, 11) is 3.40. The van der Waals surface area contributed by atoms with Gasteiger partial charge >= 0.3 is 0 Å². The number of allylic oxidation sites excluding steroid dienone is 1. The smallest absolute Gasteiger partial charge is 0.255 e. The minimum absolute atomic E-state index is 0.363.